The third-order valence-electron chi connectivity index (χ3n) is 2.61. The molecule has 0 saturated carbocycles. The zero-order valence-electron chi connectivity index (χ0n) is 10.9. The summed E-state index contributed by atoms with van der Waals surface area (Å²) in [6.45, 7) is 6.24. The molecule has 0 spiro atoms. The van der Waals surface area contributed by atoms with Crippen LogP contribution >= 0.6 is 0 Å². The van der Waals surface area contributed by atoms with Gasteiger partial charge < -0.3 is 15.2 Å². The summed E-state index contributed by atoms with van der Waals surface area (Å²) < 4.78 is 11.0. The Morgan fingerprint density at radius 1 is 1.12 bits per heavy atom. The van der Waals surface area contributed by atoms with Gasteiger partial charge >= 0.3 is 0 Å². The molecular weight excluding hydrogens is 214 g/mol. The number of nitrogens with two attached hydrogens (primary N) is 1. The van der Waals surface area contributed by atoms with Gasteiger partial charge in [0.05, 0.1) is 12.3 Å². The SMILES string of the molecule is CCCCOCCOc1ccc(CC)cc1N. The van der Waals surface area contributed by atoms with Crippen LogP contribution in [-0.4, -0.2) is 19.8 Å². The van der Waals surface area contributed by atoms with Crippen molar-refractivity contribution in [3.8, 4) is 5.75 Å². The lowest BCUT2D eigenvalue weighted by Gasteiger charge is -2.10. The summed E-state index contributed by atoms with van der Waals surface area (Å²) in [7, 11) is 0. The Hall–Kier alpha value is -1.22. The third-order valence-corrected chi connectivity index (χ3v) is 2.61. The molecule has 1 aromatic carbocycles. The number of rotatable bonds is 8. The van der Waals surface area contributed by atoms with Crippen molar-refractivity contribution in [2.75, 3.05) is 25.6 Å². The highest BCUT2D eigenvalue weighted by Gasteiger charge is 2.01. The monoisotopic (exact) mass is 237 g/mol. The van der Waals surface area contributed by atoms with E-state index in [2.05, 4.69) is 13.8 Å². The fraction of sp³-hybridized carbons (Fsp3) is 0.571. The largest absolute Gasteiger partial charge is 0.489 e. The lowest BCUT2D eigenvalue weighted by atomic mass is 10.1. The van der Waals surface area contributed by atoms with Gasteiger partial charge in [0.25, 0.3) is 0 Å². The number of benzene rings is 1. The Labute approximate surface area is 104 Å². The number of unbranched alkanes of at least 4 members (excludes halogenated alkanes) is 1. The van der Waals surface area contributed by atoms with Gasteiger partial charge in [-0.1, -0.05) is 26.3 Å². The van der Waals surface area contributed by atoms with E-state index < -0.39 is 0 Å². The molecule has 1 aromatic rings. The zero-order valence-corrected chi connectivity index (χ0v) is 10.9. The first kappa shape index (κ1) is 13.8. The Bertz CT molecular complexity index is 326. The average molecular weight is 237 g/mol. The highest BCUT2D eigenvalue weighted by atomic mass is 16.5. The van der Waals surface area contributed by atoms with Crippen LogP contribution in [0.4, 0.5) is 5.69 Å². The molecule has 0 heterocycles. The molecule has 17 heavy (non-hydrogen) atoms. The molecule has 0 radical (unpaired) electrons. The van der Waals surface area contributed by atoms with Crippen LogP contribution in [0.3, 0.4) is 0 Å². The Kier molecular flexibility index (Phi) is 6.48. The number of nitrogen functional groups attached to an aromatic ring is 1. The van der Waals surface area contributed by atoms with E-state index in [-0.39, 0.29) is 0 Å². The van der Waals surface area contributed by atoms with Gasteiger partial charge in [-0.3, -0.25) is 0 Å². The van der Waals surface area contributed by atoms with Crippen molar-refractivity contribution in [2.45, 2.75) is 33.1 Å². The van der Waals surface area contributed by atoms with Gasteiger partial charge in [0.15, 0.2) is 0 Å². The van der Waals surface area contributed by atoms with E-state index in [9.17, 15) is 0 Å². The number of anilines is 1. The maximum absolute atomic E-state index is 5.89. The van der Waals surface area contributed by atoms with Crippen LogP contribution in [0.2, 0.25) is 0 Å². The van der Waals surface area contributed by atoms with Crippen LogP contribution in [-0.2, 0) is 11.2 Å². The Balaban J connectivity index is 2.27. The molecule has 0 saturated heterocycles. The van der Waals surface area contributed by atoms with Crippen molar-refractivity contribution in [1.29, 1.82) is 0 Å². The summed E-state index contributed by atoms with van der Waals surface area (Å²) >= 11 is 0. The number of ether oxygens (including phenoxy) is 2. The first-order valence-corrected chi connectivity index (χ1v) is 6.36. The first-order chi connectivity index (χ1) is 8.27. The number of hydrogen-bond acceptors (Lipinski definition) is 3. The molecule has 0 fully saturated rings. The molecule has 0 amide bonds. The minimum atomic E-state index is 0.555. The van der Waals surface area contributed by atoms with Crippen LogP contribution in [0, 0.1) is 0 Å². The summed E-state index contributed by atoms with van der Waals surface area (Å²) in [6, 6.07) is 5.94. The topological polar surface area (TPSA) is 44.5 Å². The maximum Gasteiger partial charge on any atom is 0.142 e. The summed E-state index contributed by atoms with van der Waals surface area (Å²) in [6.07, 6.45) is 3.25. The molecule has 2 N–H and O–H groups in total. The van der Waals surface area contributed by atoms with Crippen LogP contribution in [0.25, 0.3) is 0 Å². The zero-order chi connectivity index (χ0) is 12.5. The molecule has 1 rings (SSSR count). The Morgan fingerprint density at radius 2 is 1.94 bits per heavy atom. The predicted octanol–water partition coefficient (Wildman–Crippen LogP) is 3.03. The van der Waals surface area contributed by atoms with Gasteiger partial charge in [0, 0.05) is 6.61 Å². The van der Waals surface area contributed by atoms with Crippen molar-refractivity contribution in [3.63, 3.8) is 0 Å². The second-order valence-electron chi connectivity index (χ2n) is 4.04. The lowest BCUT2D eigenvalue weighted by Crippen LogP contribution is -2.08. The standard InChI is InChI=1S/C14H23NO2/c1-3-5-8-16-9-10-17-14-7-6-12(4-2)11-13(14)15/h6-7,11H,3-5,8-10,15H2,1-2H3. The van der Waals surface area contributed by atoms with E-state index in [0.717, 1.165) is 31.6 Å². The van der Waals surface area contributed by atoms with E-state index in [0.29, 0.717) is 18.9 Å². The minimum Gasteiger partial charge on any atom is -0.489 e. The second kappa shape index (κ2) is 7.96. The predicted molar refractivity (Wildman–Crippen MR) is 71.5 cm³/mol. The molecule has 0 aliphatic heterocycles. The van der Waals surface area contributed by atoms with Crippen molar-refractivity contribution in [1.82, 2.24) is 0 Å². The van der Waals surface area contributed by atoms with E-state index in [1.54, 1.807) is 0 Å². The average Bonchev–Trinajstić information content (AvgIpc) is 2.35. The fourth-order valence-electron chi connectivity index (χ4n) is 1.51. The summed E-state index contributed by atoms with van der Waals surface area (Å²) in [4.78, 5) is 0. The van der Waals surface area contributed by atoms with Gasteiger partial charge in [0.2, 0.25) is 0 Å². The summed E-state index contributed by atoms with van der Waals surface area (Å²) in [5.41, 5.74) is 7.83. The van der Waals surface area contributed by atoms with E-state index in [1.807, 2.05) is 18.2 Å². The van der Waals surface area contributed by atoms with Gasteiger partial charge in [-0.15, -0.1) is 0 Å². The van der Waals surface area contributed by atoms with E-state index >= 15 is 0 Å². The highest BCUT2D eigenvalue weighted by Crippen LogP contribution is 2.22. The molecule has 0 atom stereocenters. The van der Waals surface area contributed by atoms with Crippen LogP contribution in [0.1, 0.15) is 32.3 Å². The lowest BCUT2D eigenvalue weighted by molar-refractivity contribution is 0.0983. The van der Waals surface area contributed by atoms with Crippen molar-refractivity contribution in [2.24, 2.45) is 0 Å². The normalized spacial score (nSPS) is 10.5. The molecule has 0 unspecified atom stereocenters. The van der Waals surface area contributed by atoms with Crippen molar-refractivity contribution < 1.29 is 9.47 Å². The quantitative estimate of drug-likeness (QED) is 0.558. The van der Waals surface area contributed by atoms with Gasteiger partial charge in [-0.25, -0.2) is 0 Å². The van der Waals surface area contributed by atoms with Crippen LogP contribution < -0.4 is 10.5 Å². The van der Waals surface area contributed by atoms with Gasteiger partial charge in [0.1, 0.15) is 12.4 Å². The van der Waals surface area contributed by atoms with E-state index in [4.69, 9.17) is 15.2 Å². The molecule has 0 aliphatic rings. The molecule has 96 valence electrons. The summed E-state index contributed by atoms with van der Waals surface area (Å²) in [5.74, 6) is 0.751. The van der Waals surface area contributed by atoms with Gasteiger partial charge in [-0.05, 0) is 30.5 Å². The number of hydrogen-bond donors (Lipinski definition) is 1. The molecule has 0 bridgehead atoms. The van der Waals surface area contributed by atoms with Crippen LogP contribution in [0.5, 0.6) is 5.75 Å². The molecule has 3 nitrogen and oxygen atoms in total. The third kappa shape index (κ3) is 5.09. The minimum absolute atomic E-state index is 0.555. The fourth-order valence-corrected chi connectivity index (χ4v) is 1.51. The molecular formula is C14H23NO2. The van der Waals surface area contributed by atoms with Gasteiger partial charge in [-0.2, -0.15) is 0 Å². The molecule has 0 aromatic heterocycles. The molecule has 0 aliphatic carbocycles. The molecule has 3 heteroatoms. The highest BCUT2D eigenvalue weighted by molar-refractivity contribution is 5.54. The van der Waals surface area contributed by atoms with E-state index in [1.165, 1.54) is 5.56 Å². The summed E-state index contributed by atoms with van der Waals surface area (Å²) in [5, 5.41) is 0. The second-order valence-corrected chi connectivity index (χ2v) is 4.04. The first-order valence-electron chi connectivity index (χ1n) is 6.36. The smallest absolute Gasteiger partial charge is 0.142 e. The van der Waals surface area contributed by atoms with Crippen LogP contribution in [0.15, 0.2) is 18.2 Å². The Morgan fingerprint density at radius 3 is 2.59 bits per heavy atom. The van der Waals surface area contributed by atoms with Crippen molar-refractivity contribution in [3.05, 3.63) is 23.8 Å². The van der Waals surface area contributed by atoms with Crippen molar-refractivity contribution >= 4 is 5.69 Å². The number of aryl methyl sites for hydroxylation is 1. The maximum atomic E-state index is 5.89.